The van der Waals surface area contributed by atoms with Crippen LogP contribution in [0.3, 0.4) is 0 Å². The lowest BCUT2D eigenvalue weighted by Crippen LogP contribution is -2.26. The quantitative estimate of drug-likeness (QED) is 0.268. The molecule has 0 saturated carbocycles. The molecule has 38 heavy (non-hydrogen) atoms. The van der Waals surface area contributed by atoms with Crippen LogP contribution < -0.4 is 5.63 Å². The van der Waals surface area contributed by atoms with Crippen molar-refractivity contribution in [3.05, 3.63) is 104 Å². The molecule has 1 atom stereocenters. The zero-order valence-electron chi connectivity index (χ0n) is 21.7. The second-order valence-corrected chi connectivity index (χ2v) is 10.3. The molecule has 0 fully saturated rings. The van der Waals surface area contributed by atoms with Crippen molar-refractivity contribution in [1.82, 2.24) is 0 Å². The van der Waals surface area contributed by atoms with Gasteiger partial charge in [-0.1, -0.05) is 58.0 Å². The molecule has 0 bridgehead atoms. The second kappa shape index (κ2) is 9.65. The molecule has 0 spiro atoms. The van der Waals surface area contributed by atoms with E-state index in [4.69, 9.17) is 8.83 Å². The molecular weight excluding hydrogens is 484 g/mol. The maximum absolute atomic E-state index is 13.7. The number of para-hydroxylation sites is 1. The molecule has 2 aromatic carbocycles. The van der Waals surface area contributed by atoms with Crippen LogP contribution in [-0.2, 0) is 17.8 Å². The van der Waals surface area contributed by atoms with E-state index < -0.39 is 23.9 Å². The van der Waals surface area contributed by atoms with Gasteiger partial charge in [0, 0.05) is 12.0 Å². The van der Waals surface area contributed by atoms with Gasteiger partial charge < -0.3 is 24.2 Å². The fourth-order valence-corrected chi connectivity index (χ4v) is 5.41. The highest BCUT2D eigenvalue weighted by molar-refractivity contribution is 6.08. The smallest absolute Gasteiger partial charge is 0.344 e. The Hall–Kier alpha value is -4.10. The Morgan fingerprint density at radius 1 is 0.868 bits per heavy atom. The highest BCUT2D eigenvalue weighted by Gasteiger charge is 2.39. The number of ketones is 1. The van der Waals surface area contributed by atoms with E-state index in [-0.39, 0.29) is 58.0 Å². The molecular formula is C31H30O7. The van der Waals surface area contributed by atoms with Crippen molar-refractivity contribution >= 4 is 22.5 Å². The van der Waals surface area contributed by atoms with Gasteiger partial charge in [0.2, 0.25) is 0 Å². The third kappa shape index (κ3) is 4.03. The number of hydrogen-bond acceptors (Lipinski definition) is 7. The molecule has 3 N–H and O–H groups in total. The molecule has 2 aromatic heterocycles. The Bertz CT molecular complexity index is 1650. The molecule has 1 unspecified atom stereocenters. The molecule has 4 aromatic rings. The van der Waals surface area contributed by atoms with Crippen LogP contribution in [-0.4, -0.2) is 21.1 Å². The summed E-state index contributed by atoms with van der Waals surface area (Å²) in [5.74, 6) is -1.80. The van der Waals surface area contributed by atoms with Gasteiger partial charge in [0.1, 0.15) is 35.2 Å². The van der Waals surface area contributed by atoms with E-state index in [9.17, 15) is 24.9 Å². The Labute approximate surface area is 219 Å². The van der Waals surface area contributed by atoms with Crippen molar-refractivity contribution in [2.24, 2.45) is 0 Å². The Morgan fingerprint density at radius 3 is 2.21 bits per heavy atom. The zero-order valence-corrected chi connectivity index (χ0v) is 21.7. The first-order valence-corrected chi connectivity index (χ1v) is 12.7. The molecule has 0 amide bonds. The highest BCUT2D eigenvalue weighted by atomic mass is 16.4. The summed E-state index contributed by atoms with van der Waals surface area (Å²) in [4.78, 5) is 27.2. The van der Waals surface area contributed by atoms with E-state index in [1.165, 1.54) is 12.1 Å². The SMILES string of the molecule is CC(C)c1cccc2c1CC(=O)C(C(c1ccc(CO)o1)c1c(O)c3cccc(C(C)C)c3oc1=O)=C2O. The number of hydrogen-bond donors (Lipinski definition) is 3. The lowest BCUT2D eigenvalue weighted by Gasteiger charge is -2.27. The van der Waals surface area contributed by atoms with Gasteiger partial charge in [-0.3, -0.25) is 4.79 Å². The van der Waals surface area contributed by atoms with Crippen LogP contribution in [0.5, 0.6) is 5.75 Å². The van der Waals surface area contributed by atoms with E-state index >= 15 is 0 Å². The number of Topliss-reactive ketones (excluding diaryl/α,β-unsaturated/α-hetero) is 1. The van der Waals surface area contributed by atoms with Crippen molar-refractivity contribution in [1.29, 1.82) is 0 Å². The number of aliphatic hydroxyl groups is 2. The highest BCUT2D eigenvalue weighted by Crippen LogP contribution is 2.45. The second-order valence-electron chi connectivity index (χ2n) is 10.3. The molecule has 0 radical (unpaired) electrons. The molecule has 7 nitrogen and oxygen atoms in total. The summed E-state index contributed by atoms with van der Waals surface area (Å²) < 4.78 is 11.6. The molecule has 5 rings (SSSR count). The van der Waals surface area contributed by atoms with Gasteiger partial charge in [-0.25, -0.2) is 4.79 Å². The molecule has 1 aliphatic carbocycles. The molecule has 0 aliphatic heterocycles. The number of furan rings is 1. The van der Waals surface area contributed by atoms with Crippen LogP contribution in [0.2, 0.25) is 0 Å². The maximum Gasteiger partial charge on any atom is 0.344 e. The average molecular weight is 515 g/mol. The minimum atomic E-state index is -1.26. The lowest BCUT2D eigenvalue weighted by atomic mass is 9.77. The summed E-state index contributed by atoms with van der Waals surface area (Å²) in [5, 5.41) is 32.9. The predicted molar refractivity (Wildman–Crippen MR) is 144 cm³/mol. The molecule has 2 heterocycles. The number of carbonyl (C=O) groups excluding carboxylic acids is 1. The maximum atomic E-state index is 13.7. The van der Waals surface area contributed by atoms with Gasteiger partial charge in [0.05, 0.1) is 22.4 Å². The van der Waals surface area contributed by atoms with E-state index in [0.717, 1.165) is 16.7 Å². The standard InChI is InChI=1S/C31H30O7/c1-15(2)18-7-5-9-20-22(18)13-23(33)25(28(20)34)26(24-12-11-17(14-32)37-24)27-29(35)21-10-6-8-19(16(3)4)30(21)38-31(27)36/h5-12,15-16,26,32,34-35H,13-14H2,1-4H3. The van der Waals surface area contributed by atoms with E-state index in [1.807, 2.05) is 45.9 Å². The molecule has 0 saturated heterocycles. The predicted octanol–water partition coefficient (Wildman–Crippen LogP) is 6.06. The zero-order chi connectivity index (χ0) is 27.3. The first kappa shape index (κ1) is 25.5. The normalized spacial score (nSPS) is 14.6. The minimum Gasteiger partial charge on any atom is -0.507 e. The summed E-state index contributed by atoms with van der Waals surface area (Å²) in [6.07, 6.45) is 0.0182. The lowest BCUT2D eigenvalue weighted by molar-refractivity contribution is -0.115. The van der Waals surface area contributed by atoms with E-state index in [2.05, 4.69) is 0 Å². The fourth-order valence-electron chi connectivity index (χ4n) is 5.41. The number of benzene rings is 2. The molecule has 7 heteroatoms. The van der Waals surface area contributed by atoms with Crippen LogP contribution in [0, 0.1) is 0 Å². The van der Waals surface area contributed by atoms with E-state index in [0.29, 0.717) is 10.9 Å². The summed E-state index contributed by atoms with van der Waals surface area (Å²) >= 11 is 0. The Morgan fingerprint density at radius 2 is 1.55 bits per heavy atom. The van der Waals surface area contributed by atoms with Crippen LogP contribution >= 0.6 is 0 Å². The topological polar surface area (TPSA) is 121 Å². The molecule has 1 aliphatic rings. The van der Waals surface area contributed by atoms with Crippen molar-refractivity contribution in [3.63, 3.8) is 0 Å². The number of carbonyl (C=O) groups is 1. The Kier molecular flexibility index (Phi) is 6.49. The number of fused-ring (bicyclic) bond motifs is 2. The first-order valence-electron chi connectivity index (χ1n) is 12.7. The summed E-state index contributed by atoms with van der Waals surface area (Å²) in [6, 6.07) is 13.8. The van der Waals surface area contributed by atoms with Crippen molar-refractivity contribution in [3.8, 4) is 5.75 Å². The largest absolute Gasteiger partial charge is 0.507 e. The average Bonchev–Trinajstić information content (AvgIpc) is 3.36. The van der Waals surface area contributed by atoms with Gasteiger partial charge in [0.25, 0.3) is 0 Å². The van der Waals surface area contributed by atoms with Crippen molar-refractivity contribution < 1.29 is 28.9 Å². The minimum absolute atomic E-state index is 0.0182. The van der Waals surface area contributed by atoms with Gasteiger partial charge >= 0.3 is 5.63 Å². The van der Waals surface area contributed by atoms with Gasteiger partial charge in [-0.05, 0) is 46.7 Å². The van der Waals surface area contributed by atoms with Gasteiger partial charge in [-0.2, -0.15) is 0 Å². The van der Waals surface area contributed by atoms with Crippen molar-refractivity contribution in [2.45, 2.75) is 58.5 Å². The summed E-state index contributed by atoms with van der Waals surface area (Å²) in [6.45, 7) is 7.54. The Balaban J connectivity index is 1.83. The monoisotopic (exact) mass is 514 g/mol. The number of aliphatic hydroxyl groups excluding tert-OH is 2. The van der Waals surface area contributed by atoms with Gasteiger partial charge in [-0.15, -0.1) is 0 Å². The fraction of sp³-hybridized carbons (Fsp3) is 0.290. The van der Waals surface area contributed by atoms with Crippen LogP contribution in [0.25, 0.3) is 16.7 Å². The van der Waals surface area contributed by atoms with Gasteiger partial charge in [0.15, 0.2) is 5.78 Å². The molecule has 196 valence electrons. The van der Waals surface area contributed by atoms with E-state index in [1.54, 1.807) is 18.2 Å². The third-order valence-corrected chi connectivity index (χ3v) is 7.27. The number of aromatic hydroxyl groups is 1. The summed E-state index contributed by atoms with van der Waals surface area (Å²) in [5.41, 5.74) is 2.08. The third-order valence-electron chi connectivity index (χ3n) is 7.27. The van der Waals surface area contributed by atoms with Crippen molar-refractivity contribution in [2.75, 3.05) is 0 Å². The van der Waals surface area contributed by atoms with Crippen LogP contribution in [0.15, 0.2) is 67.7 Å². The summed E-state index contributed by atoms with van der Waals surface area (Å²) in [7, 11) is 0. The first-order chi connectivity index (χ1) is 18.1. The van der Waals surface area contributed by atoms with Crippen LogP contribution in [0.4, 0.5) is 0 Å². The number of rotatable bonds is 6. The van der Waals surface area contributed by atoms with Crippen LogP contribution in [0.1, 0.15) is 84.8 Å². The number of allylic oxidation sites excluding steroid dienone is 1.